The molecule has 0 radical (unpaired) electrons. The lowest BCUT2D eigenvalue weighted by Gasteiger charge is -2.12. The Labute approximate surface area is 157 Å². The molecule has 0 bridgehead atoms. The van der Waals surface area contributed by atoms with Gasteiger partial charge < -0.3 is 9.88 Å². The molecule has 1 aromatic carbocycles. The minimum absolute atomic E-state index is 0.0663. The molecule has 2 aromatic rings. The van der Waals surface area contributed by atoms with E-state index >= 15 is 0 Å². The Morgan fingerprint density at radius 1 is 1.36 bits per heavy atom. The molecule has 3 rings (SSSR count). The number of carbonyl (C=O) groups excluding carboxylic acids is 1. The van der Waals surface area contributed by atoms with Gasteiger partial charge in [0.1, 0.15) is 5.82 Å². The van der Waals surface area contributed by atoms with Crippen molar-refractivity contribution < 1.29 is 4.79 Å². The van der Waals surface area contributed by atoms with Gasteiger partial charge in [-0.25, -0.2) is 0 Å². The number of halogens is 1. The summed E-state index contributed by atoms with van der Waals surface area (Å²) in [5.41, 5.74) is 1.63. The van der Waals surface area contributed by atoms with Crippen molar-refractivity contribution in [3.05, 3.63) is 34.6 Å². The summed E-state index contributed by atoms with van der Waals surface area (Å²) in [5.74, 6) is 1.83. The Morgan fingerprint density at radius 3 is 2.84 bits per heavy atom. The van der Waals surface area contributed by atoms with Gasteiger partial charge in [0, 0.05) is 23.2 Å². The van der Waals surface area contributed by atoms with Gasteiger partial charge in [0.05, 0.1) is 5.75 Å². The summed E-state index contributed by atoms with van der Waals surface area (Å²) in [6.45, 7) is 4.82. The van der Waals surface area contributed by atoms with Crippen molar-refractivity contribution in [1.29, 1.82) is 0 Å². The maximum Gasteiger partial charge on any atom is 0.234 e. The van der Waals surface area contributed by atoms with E-state index in [0.717, 1.165) is 28.8 Å². The maximum absolute atomic E-state index is 12.3. The third kappa shape index (κ3) is 4.18. The van der Waals surface area contributed by atoms with Crippen LogP contribution in [0.15, 0.2) is 23.4 Å². The van der Waals surface area contributed by atoms with Gasteiger partial charge in [0.2, 0.25) is 5.91 Å². The monoisotopic (exact) mass is 378 g/mol. The highest BCUT2D eigenvalue weighted by Crippen LogP contribution is 2.34. The van der Waals surface area contributed by atoms with E-state index in [-0.39, 0.29) is 5.91 Å². The lowest BCUT2D eigenvalue weighted by molar-refractivity contribution is -0.113. The van der Waals surface area contributed by atoms with Crippen LogP contribution < -0.4 is 5.32 Å². The van der Waals surface area contributed by atoms with Crippen molar-refractivity contribution in [3.8, 4) is 0 Å². The second-order valence-electron chi connectivity index (χ2n) is 6.32. The summed E-state index contributed by atoms with van der Waals surface area (Å²) in [4.78, 5) is 12.3. The number of aromatic nitrogens is 3. The summed E-state index contributed by atoms with van der Waals surface area (Å²) < 4.78 is 2.15. The number of rotatable bonds is 6. The Balaban J connectivity index is 1.63. The molecule has 1 fully saturated rings. The number of hydrogen-bond donors (Lipinski definition) is 1. The van der Waals surface area contributed by atoms with Crippen LogP contribution in [0.2, 0.25) is 5.02 Å². The number of benzene rings is 1. The second-order valence-corrected chi connectivity index (χ2v) is 7.67. The Kier molecular flexibility index (Phi) is 6.02. The Hall–Kier alpha value is -1.53. The number of anilines is 1. The number of amides is 1. The molecule has 134 valence electrons. The van der Waals surface area contributed by atoms with Crippen LogP contribution in [0, 0.1) is 6.92 Å². The van der Waals surface area contributed by atoms with Crippen LogP contribution >= 0.6 is 23.4 Å². The molecular formula is C18H23ClN4OS. The lowest BCUT2D eigenvalue weighted by Crippen LogP contribution is -2.15. The fourth-order valence-corrected chi connectivity index (χ4v) is 4.23. The Bertz CT molecular complexity index is 756. The molecule has 1 N–H and O–H groups in total. The van der Waals surface area contributed by atoms with Crippen molar-refractivity contribution >= 4 is 35.0 Å². The van der Waals surface area contributed by atoms with E-state index in [0.29, 0.717) is 16.7 Å². The van der Waals surface area contributed by atoms with Gasteiger partial charge in [-0.15, -0.1) is 10.2 Å². The summed E-state index contributed by atoms with van der Waals surface area (Å²) in [6, 6.07) is 5.51. The normalized spacial score (nSPS) is 14.8. The summed E-state index contributed by atoms with van der Waals surface area (Å²) in [7, 11) is 0. The van der Waals surface area contributed by atoms with Gasteiger partial charge in [-0.05, 0) is 44.4 Å². The minimum Gasteiger partial charge on any atom is -0.325 e. The van der Waals surface area contributed by atoms with Gasteiger partial charge in [-0.2, -0.15) is 0 Å². The van der Waals surface area contributed by atoms with Crippen LogP contribution in [0.4, 0.5) is 5.69 Å². The molecule has 1 aliphatic rings. The number of hydrogen-bond acceptors (Lipinski definition) is 4. The molecule has 1 aliphatic carbocycles. The molecule has 1 amide bonds. The lowest BCUT2D eigenvalue weighted by atomic mass is 10.1. The minimum atomic E-state index is -0.0663. The number of nitrogens with zero attached hydrogens (tertiary/aromatic N) is 3. The average Bonchev–Trinajstić information content (AvgIpc) is 3.25. The molecule has 25 heavy (non-hydrogen) atoms. The average molecular weight is 379 g/mol. The highest BCUT2D eigenvalue weighted by Gasteiger charge is 2.24. The quantitative estimate of drug-likeness (QED) is 0.743. The van der Waals surface area contributed by atoms with E-state index in [2.05, 4.69) is 27.0 Å². The van der Waals surface area contributed by atoms with Gasteiger partial charge in [0.25, 0.3) is 0 Å². The van der Waals surface area contributed by atoms with Crippen molar-refractivity contribution in [3.63, 3.8) is 0 Å². The fraction of sp³-hybridized carbons (Fsp3) is 0.500. The zero-order chi connectivity index (χ0) is 17.8. The number of thioether (sulfide) groups is 1. The molecular weight excluding hydrogens is 356 g/mol. The van der Waals surface area contributed by atoms with E-state index < -0.39 is 0 Å². The third-order valence-corrected chi connectivity index (χ3v) is 6.03. The highest BCUT2D eigenvalue weighted by molar-refractivity contribution is 7.99. The summed E-state index contributed by atoms with van der Waals surface area (Å²) in [6.07, 6.45) is 4.92. The SMILES string of the molecule is CCn1c(SCC(=O)Nc2cccc(Cl)c2C)nnc1C1CCCC1. The summed E-state index contributed by atoms with van der Waals surface area (Å²) >= 11 is 7.53. The molecule has 0 spiro atoms. The topological polar surface area (TPSA) is 59.8 Å². The molecule has 1 aromatic heterocycles. The fourth-order valence-electron chi connectivity index (χ4n) is 3.25. The number of nitrogens with one attached hydrogen (secondary N) is 1. The highest BCUT2D eigenvalue weighted by atomic mass is 35.5. The van der Waals surface area contributed by atoms with E-state index in [4.69, 9.17) is 11.6 Å². The molecule has 0 atom stereocenters. The van der Waals surface area contributed by atoms with Crippen LogP contribution in [-0.2, 0) is 11.3 Å². The Morgan fingerprint density at radius 2 is 2.12 bits per heavy atom. The smallest absolute Gasteiger partial charge is 0.234 e. The van der Waals surface area contributed by atoms with Crippen LogP contribution in [0.25, 0.3) is 0 Å². The first-order valence-electron chi connectivity index (χ1n) is 8.71. The van der Waals surface area contributed by atoms with Gasteiger partial charge in [0.15, 0.2) is 5.16 Å². The largest absolute Gasteiger partial charge is 0.325 e. The van der Waals surface area contributed by atoms with E-state index in [1.165, 1.54) is 37.4 Å². The predicted molar refractivity (Wildman–Crippen MR) is 102 cm³/mol. The van der Waals surface area contributed by atoms with Crippen molar-refractivity contribution in [1.82, 2.24) is 14.8 Å². The van der Waals surface area contributed by atoms with E-state index in [1.807, 2.05) is 25.1 Å². The summed E-state index contributed by atoms with van der Waals surface area (Å²) in [5, 5.41) is 13.1. The zero-order valence-corrected chi connectivity index (χ0v) is 16.2. The van der Waals surface area contributed by atoms with Gasteiger partial charge in [-0.1, -0.05) is 42.3 Å². The van der Waals surface area contributed by atoms with Crippen molar-refractivity contribution in [2.24, 2.45) is 0 Å². The molecule has 5 nitrogen and oxygen atoms in total. The third-order valence-electron chi connectivity index (χ3n) is 4.66. The first-order valence-corrected chi connectivity index (χ1v) is 10.1. The molecule has 7 heteroatoms. The van der Waals surface area contributed by atoms with Crippen LogP contribution in [0.5, 0.6) is 0 Å². The van der Waals surface area contributed by atoms with Crippen molar-refractivity contribution in [2.75, 3.05) is 11.1 Å². The second kappa shape index (κ2) is 8.23. The van der Waals surface area contributed by atoms with Crippen molar-refractivity contribution in [2.45, 2.75) is 57.1 Å². The van der Waals surface area contributed by atoms with E-state index in [1.54, 1.807) is 0 Å². The van der Waals surface area contributed by atoms with Crippen LogP contribution in [0.1, 0.15) is 49.9 Å². The molecule has 0 saturated heterocycles. The van der Waals surface area contributed by atoms with Crippen LogP contribution in [0.3, 0.4) is 0 Å². The van der Waals surface area contributed by atoms with Crippen LogP contribution in [-0.4, -0.2) is 26.4 Å². The molecule has 0 unspecified atom stereocenters. The van der Waals surface area contributed by atoms with Gasteiger partial charge in [-0.3, -0.25) is 4.79 Å². The standard InChI is InChI=1S/C18H23ClN4OS/c1-3-23-17(13-7-4-5-8-13)21-22-18(23)25-11-16(24)20-15-10-6-9-14(19)12(15)2/h6,9-10,13H,3-5,7-8,11H2,1-2H3,(H,20,24). The zero-order valence-electron chi connectivity index (χ0n) is 14.6. The molecule has 1 heterocycles. The molecule has 0 aliphatic heterocycles. The molecule has 1 saturated carbocycles. The predicted octanol–water partition coefficient (Wildman–Crippen LogP) is 4.65. The number of carbonyl (C=O) groups is 1. The first kappa shape index (κ1) is 18.3. The van der Waals surface area contributed by atoms with Gasteiger partial charge >= 0.3 is 0 Å². The first-order chi connectivity index (χ1) is 12.1. The van der Waals surface area contributed by atoms with E-state index in [9.17, 15) is 4.79 Å². The maximum atomic E-state index is 12.3.